The maximum absolute atomic E-state index is 11.7. The summed E-state index contributed by atoms with van der Waals surface area (Å²) in [5, 5.41) is 3.71. The molecule has 116 valence electrons. The molecule has 1 aromatic carbocycles. The van der Waals surface area contributed by atoms with Gasteiger partial charge in [0.1, 0.15) is 5.69 Å². The summed E-state index contributed by atoms with van der Waals surface area (Å²) >= 11 is 0. The van der Waals surface area contributed by atoms with Gasteiger partial charge in [0.15, 0.2) is 0 Å². The molecule has 0 spiro atoms. The minimum absolute atomic E-state index is 0.0206. The minimum Gasteiger partial charge on any atom is -0.461 e. The van der Waals surface area contributed by atoms with Crippen molar-refractivity contribution in [3.05, 3.63) is 41.6 Å². The largest absolute Gasteiger partial charge is 0.461 e. The number of rotatable bonds is 6. The van der Waals surface area contributed by atoms with E-state index < -0.39 is 0 Å². The summed E-state index contributed by atoms with van der Waals surface area (Å²) in [6, 6.07) is 7.71. The topological polar surface area (TPSA) is 71.2 Å². The Morgan fingerprint density at radius 2 is 2.14 bits per heavy atom. The summed E-state index contributed by atoms with van der Waals surface area (Å²) in [7, 11) is 0. The Labute approximate surface area is 129 Å². The van der Waals surface area contributed by atoms with E-state index in [0.29, 0.717) is 18.8 Å². The summed E-state index contributed by atoms with van der Waals surface area (Å²) in [5.74, 6) is -0.362. The first kappa shape index (κ1) is 15.8. The van der Waals surface area contributed by atoms with Crippen molar-refractivity contribution in [2.75, 3.05) is 13.2 Å². The monoisotopic (exact) mass is 300 g/mol. The molecule has 0 saturated heterocycles. The molecular weight excluding hydrogens is 280 g/mol. The average molecular weight is 300 g/mol. The number of hydrogen-bond acceptors (Lipinski definition) is 3. The highest BCUT2D eigenvalue weighted by molar-refractivity contribution is 5.95. The van der Waals surface area contributed by atoms with Gasteiger partial charge in [-0.25, -0.2) is 4.79 Å². The fourth-order valence-corrected chi connectivity index (χ4v) is 2.12. The van der Waals surface area contributed by atoms with Crippen molar-refractivity contribution >= 4 is 28.9 Å². The third-order valence-electron chi connectivity index (χ3n) is 3.14. The molecule has 0 atom stereocenters. The molecular formula is C17H20N2O3. The van der Waals surface area contributed by atoms with E-state index in [1.807, 2.05) is 30.4 Å². The molecule has 0 saturated carbocycles. The van der Waals surface area contributed by atoms with E-state index in [1.54, 1.807) is 13.0 Å². The highest BCUT2D eigenvalue weighted by Gasteiger charge is 2.09. The van der Waals surface area contributed by atoms with Crippen LogP contribution in [0.1, 0.15) is 36.3 Å². The van der Waals surface area contributed by atoms with Gasteiger partial charge in [0.2, 0.25) is 5.91 Å². The quantitative estimate of drug-likeness (QED) is 0.636. The summed E-state index contributed by atoms with van der Waals surface area (Å²) in [6.07, 6.45) is 4.77. The molecule has 0 aliphatic carbocycles. The van der Waals surface area contributed by atoms with Gasteiger partial charge in [-0.3, -0.25) is 4.79 Å². The van der Waals surface area contributed by atoms with Crippen molar-refractivity contribution in [1.29, 1.82) is 0 Å². The maximum Gasteiger partial charge on any atom is 0.354 e. The SMILES string of the molecule is CCOC(=O)c1cc2ccc(C=CCCNC(C)=O)cc2[nH]1. The van der Waals surface area contributed by atoms with Crippen LogP contribution >= 0.6 is 0 Å². The number of carbonyl (C=O) groups excluding carboxylic acids is 2. The number of nitrogens with one attached hydrogen (secondary N) is 2. The van der Waals surface area contributed by atoms with Gasteiger partial charge in [-0.1, -0.05) is 24.3 Å². The zero-order chi connectivity index (χ0) is 15.9. The molecule has 0 radical (unpaired) electrons. The van der Waals surface area contributed by atoms with Gasteiger partial charge in [0.05, 0.1) is 6.61 Å². The molecule has 0 unspecified atom stereocenters. The zero-order valence-electron chi connectivity index (χ0n) is 12.8. The molecule has 1 aromatic heterocycles. The summed E-state index contributed by atoms with van der Waals surface area (Å²) < 4.78 is 4.98. The normalized spacial score (nSPS) is 11.0. The molecule has 1 heterocycles. The molecule has 0 bridgehead atoms. The smallest absolute Gasteiger partial charge is 0.354 e. The van der Waals surface area contributed by atoms with Crippen LogP contribution in [0, 0.1) is 0 Å². The third kappa shape index (κ3) is 4.22. The fraction of sp³-hybridized carbons (Fsp3) is 0.294. The maximum atomic E-state index is 11.7. The predicted octanol–water partition coefficient (Wildman–Crippen LogP) is 2.88. The molecule has 0 aliphatic heterocycles. The first-order valence-corrected chi connectivity index (χ1v) is 7.31. The number of benzene rings is 1. The molecule has 0 aliphatic rings. The van der Waals surface area contributed by atoms with Crippen molar-refractivity contribution in [3.63, 3.8) is 0 Å². The Bertz CT molecular complexity index is 701. The molecule has 22 heavy (non-hydrogen) atoms. The summed E-state index contributed by atoms with van der Waals surface area (Å²) in [6.45, 7) is 4.27. The lowest BCUT2D eigenvalue weighted by atomic mass is 10.1. The van der Waals surface area contributed by atoms with Crippen LogP contribution in [0.2, 0.25) is 0 Å². The summed E-state index contributed by atoms with van der Waals surface area (Å²) in [4.78, 5) is 25.5. The Morgan fingerprint density at radius 1 is 1.32 bits per heavy atom. The van der Waals surface area contributed by atoms with Crippen molar-refractivity contribution in [1.82, 2.24) is 10.3 Å². The standard InChI is InChI=1S/C17H20N2O3/c1-3-22-17(21)16-11-14-8-7-13(10-15(14)19-16)6-4-5-9-18-12(2)20/h4,6-8,10-11,19H,3,5,9H2,1-2H3,(H,18,20). The Hall–Kier alpha value is -2.56. The zero-order valence-corrected chi connectivity index (χ0v) is 12.8. The van der Waals surface area contributed by atoms with E-state index in [2.05, 4.69) is 10.3 Å². The second kappa shape index (κ2) is 7.45. The second-order valence-electron chi connectivity index (χ2n) is 4.92. The minimum atomic E-state index is -0.342. The van der Waals surface area contributed by atoms with Gasteiger partial charge >= 0.3 is 5.97 Å². The van der Waals surface area contributed by atoms with Gasteiger partial charge in [0.25, 0.3) is 0 Å². The molecule has 2 rings (SSSR count). The van der Waals surface area contributed by atoms with Crippen LogP contribution in [0.4, 0.5) is 0 Å². The average Bonchev–Trinajstić information content (AvgIpc) is 2.90. The fourth-order valence-electron chi connectivity index (χ4n) is 2.12. The van der Waals surface area contributed by atoms with Crippen LogP contribution in [0.3, 0.4) is 0 Å². The number of fused-ring (bicyclic) bond motifs is 1. The van der Waals surface area contributed by atoms with Crippen LogP contribution in [0.5, 0.6) is 0 Å². The number of hydrogen-bond donors (Lipinski definition) is 2. The lowest BCUT2D eigenvalue weighted by Crippen LogP contribution is -2.20. The van der Waals surface area contributed by atoms with Gasteiger partial charge < -0.3 is 15.0 Å². The Balaban J connectivity index is 2.05. The number of ether oxygens (including phenoxy) is 1. The highest BCUT2D eigenvalue weighted by Crippen LogP contribution is 2.18. The number of carbonyl (C=O) groups is 2. The van der Waals surface area contributed by atoms with Crippen LogP contribution in [-0.4, -0.2) is 30.0 Å². The Morgan fingerprint density at radius 3 is 2.86 bits per heavy atom. The predicted molar refractivity (Wildman–Crippen MR) is 86.6 cm³/mol. The molecule has 0 fully saturated rings. The molecule has 5 nitrogen and oxygen atoms in total. The van der Waals surface area contributed by atoms with Crippen molar-refractivity contribution < 1.29 is 14.3 Å². The Kier molecular flexibility index (Phi) is 5.36. The lowest BCUT2D eigenvalue weighted by molar-refractivity contribution is -0.118. The van der Waals surface area contributed by atoms with E-state index in [1.165, 1.54) is 6.92 Å². The number of aromatic nitrogens is 1. The van der Waals surface area contributed by atoms with E-state index >= 15 is 0 Å². The number of esters is 1. The second-order valence-corrected chi connectivity index (χ2v) is 4.92. The first-order valence-electron chi connectivity index (χ1n) is 7.31. The molecule has 2 N–H and O–H groups in total. The van der Waals surface area contributed by atoms with Gasteiger partial charge in [-0.2, -0.15) is 0 Å². The molecule has 1 amide bonds. The first-order chi connectivity index (χ1) is 10.6. The van der Waals surface area contributed by atoms with Crippen molar-refractivity contribution in [2.45, 2.75) is 20.3 Å². The van der Waals surface area contributed by atoms with Crippen LogP contribution in [0.25, 0.3) is 17.0 Å². The van der Waals surface area contributed by atoms with Crippen molar-refractivity contribution in [2.24, 2.45) is 0 Å². The van der Waals surface area contributed by atoms with E-state index in [0.717, 1.165) is 22.9 Å². The van der Waals surface area contributed by atoms with E-state index in [4.69, 9.17) is 4.74 Å². The van der Waals surface area contributed by atoms with Crippen LogP contribution in [-0.2, 0) is 9.53 Å². The lowest BCUT2D eigenvalue weighted by Gasteiger charge is -1.98. The van der Waals surface area contributed by atoms with Gasteiger partial charge in [0, 0.05) is 24.4 Å². The van der Waals surface area contributed by atoms with Crippen LogP contribution < -0.4 is 5.32 Å². The molecule has 2 aromatic rings. The van der Waals surface area contributed by atoms with Gasteiger partial charge in [-0.15, -0.1) is 0 Å². The highest BCUT2D eigenvalue weighted by atomic mass is 16.5. The number of H-pyrrole nitrogens is 1. The molecule has 5 heteroatoms. The third-order valence-corrected chi connectivity index (χ3v) is 3.14. The number of aromatic amines is 1. The summed E-state index contributed by atoms with van der Waals surface area (Å²) in [5.41, 5.74) is 2.39. The van der Waals surface area contributed by atoms with E-state index in [9.17, 15) is 9.59 Å². The van der Waals surface area contributed by atoms with Crippen LogP contribution in [0.15, 0.2) is 30.3 Å². The van der Waals surface area contributed by atoms with Gasteiger partial charge in [-0.05, 0) is 31.0 Å². The van der Waals surface area contributed by atoms with E-state index in [-0.39, 0.29) is 11.9 Å². The number of amides is 1. The van der Waals surface area contributed by atoms with Crippen molar-refractivity contribution in [3.8, 4) is 0 Å².